The Hall–Kier alpha value is -2.99. The molecule has 0 unspecified atom stereocenters. The molecule has 1 aliphatic heterocycles. The molecule has 0 saturated carbocycles. The third-order valence-electron chi connectivity index (χ3n) is 4.08. The molecule has 128 valence electrons. The van der Waals surface area contributed by atoms with Gasteiger partial charge in [0.05, 0.1) is 23.7 Å². The van der Waals surface area contributed by atoms with Crippen LogP contribution in [0.5, 0.6) is 0 Å². The van der Waals surface area contributed by atoms with Gasteiger partial charge in [-0.15, -0.1) is 0 Å². The second-order valence-electron chi connectivity index (χ2n) is 5.66. The number of nitro benzene ring substituents is 1. The molecule has 6 heteroatoms. The van der Waals surface area contributed by atoms with Crippen LogP contribution in [-0.4, -0.2) is 37.0 Å². The Morgan fingerprint density at radius 3 is 2.44 bits per heavy atom. The molecule has 0 N–H and O–H groups in total. The van der Waals surface area contributed by atoms with Crippen LogP contribution < -0.4 is 4.90 Å². The predicted octanol–water partition coefficient (Wildman–Crippen LogP) is 3.33. The number of carbonyl (C=O) groups is 1. The average Bonchev–Trinajstić information content (AvgIpc) is 2.67. The highest BCUT2D eigenvalue weighted by Gasteiger charge is 2.12. The Balaban J connectivity index is 1.72. The molecule has 0 spiro atoms. The van der Waals surface area contributed by atoms with Gasteiger partial charge in [-0.2, -0.15) is 0 Å². The molecule has 0 atom stereocenters. The summed E-state index contributed by atoms with van der Waals surface area (Å²) in [4.78, 5) is 25.0. The van der Waals surface area contributed by atoms with Crippen LogP contribution in [0.2, 0.25) is 0 Å². The van der Waals surface area contributed by atoms with Gasteiger partial charge in [-0.25, -0.2) is 0 Å². The van der Waals surface area contributed by atoms with E-state index >= 15 is 0 Å². The fourth-order valence-electron chi connectivity index (χ4n) is 2.71. The minimum absolute atomic E-state index is 0.0192. The Morgan fingerprint density at radius 1 is 1.08 bits per heavy atom. The van der Waals surface area contributed by atoms with Crippen LogP contribution in [-0.2, 0) is 4.74 Å². The van der Waals surface area contributed by atoms with E-state index in [4.69, 9.17) is 4.74 Å². The number of carbonyl (C=O) groups excluding carboxylic acids is 1. The van der Waals surface area contributed by atoms with Crippen molar-refractivity contribution in [1.82, 2.24) is 0 Å². The molecular weight excluding hydrogens is 320 g/mol. The van der Waals surface area contributed by atoms with Gasteiger partial charge in [0.2, 0.25) is 0 Å². The molecule has 0 amide bonds. The van der Waals surface area contributed by atoms with E-state index in [1.165, 1.54) is 18.2 Å². The van der Waals surface area contributed by atoms with Gasteiger partial charge in [0.25, 0.3) is 5.69 Å². The van der Waals surface area contributed by atoms with Crippen molar-refractivity contribution in [1.29, 1.82) is 0 Å². The number of anilines is 1. The third kappa shape index (κ3) is 4.10. The fourth-order valence-corrected chi connectivity index (χ4v) is 2.71. The van der Waals surface area contributed by atoms with Crippen LogP contribution in [0.15, 0.2) is 54.6 Å². The maximum atomic E-state index is 12.3. The molecule has 25 heavy (non-hydrogen) atoms. The van der Waals surface area contributed by atoms with E-state index in [1.807, 2.05) is 12.1 Å². The Labute approximate surface area is 145 Å². The largest absolute Gasteiger partial charge is 0.378 e. The van der Waals surface area contributed by atoms with E-state index in [0.717, 1.165) is 18.8 Å². The number of nitrogens with zero attached hydrogens (tertiary/aromatic N) is 2. The first-order valence-corrected chi connectivity index (χ1v) is 8.04. The summed E-state index contributed by atoms with van der Waals surface area (Å²) in [5.41, 5.74) is 1.99. The number of hydrogen-bond donors (Lipinski definition) is 0. The van der Waals surface area contributed by atoms with Crippen molar-refractivity contribution in [3.63, 3.8) is 0 Å². The first-order valence-electron chi connectivity index (χ1n) is 8.04. The normalized spacial score (nSPS) is 14.6. The summed E-state index contributed by atoms with van der Waals surface area (Å²) < 4.78 is 5.33. The van der Waals surface area contributed by atoms with Crippen molar-refractivity contribution in [3.8, 4) is 0 Å². The zero-order valence-electron chi connectivity index (χ0n) is 13.6. The quantitative estimate of drug-likeness (QED) is 0.362. The Bertz CT molecular complexity index is 793. The highest BCUT2D eigenvalue weighted by molar-refractivity contribution is 6.07. The molecule has 0 bridgehead atoms. The first-order chi connectivity index (χ1) is 12.1. The van der Waals surface area contributed by atoms with E-state index in [-0.39, 0.29) is 11.5 Å². The van der Waals surface area contributed by atoms with Crippen molar-refractivity contribution >= 4 is 23.2 Å². The van der Waals surface area contributed by atoms with E-state index in [0.29, 0.717) is 24.3 Å². The van der Waals surface area contributed by atoms with E-state index in [9.17, 15) is 14.9 Å². The van der Waals surface area contributed by atoms with Gasteiger partial charge in [0.1, 0.15) is 0 Å². The third-order valence-corrected chi connectivity index (χ3v) is 4.08. The number of hydrogen-bond acceptors (Lipinski definition) is 5. The van der Waals surface area contributed by atoms with Gasteiger partial charge >= 0.3 is 0 Å². The maximum absolute atomic E-state index is 12.3. The van der Waals surface area contributed by atoms with Crippen molar-refractivity contribution in [2.45, 2.75) is 0 Å². The molecule has 6 nitrogen and oxygen atoms in total. The lowest BCUT2D eigenvalue weighted by atomic mass is 10.1. The van der Waals surface area contributed by atoms with Crippen LogP contribution in [0.1, 0.15) is 15.9 Å². The molecule has 0 radical (unpaired) electrons. The van der Waals surface area contributed by atoms with E-state index in [1.54, 1.807) is 30.3 Å². The smallest absolute Gasteiger partial charge is 0.276 e. The number of morpholine rings is 1. The number of benzene rings is 2. The SMILES string of the molecule is O=C(C=Cc1ccccc1[N+](=O)[O-])c1ccc(N2CCOCC2)cc1. The van der Waals surface area contributed by atoms with Crippen molar-refractivity contribution in [3.05, 3.63) is 75.8 Å². The van der Waals surface area contributed by atoms with E-state index < -0.39 is 4.92 Å². The molecule has 1 aliphatic rings. The Morgan fingerprint density at radius 2 is 1.76 bits per heavy atom. The van der Waals surface area contributed by atoms with Gasteiger partial charge in [0.15, 0.2) is 5.78 Å². The number of ether oxygens (including phenoxy) is 1. The molecule has 0 aliphatic carbocycles. The molecule has 1 saturated heterocycles. The molecule has 0 aromatic heterocycles. The highest BCUT2D eigenvalue weighted by Crippen LogP contribution is 2.20. The minimum atomic E-state index is -0.457. The molecule has 1 heterocycles. The summed E-state index contributed by atoms with van der Waals surface area (Å²) >= 11 is 0. The summed E-state index contributed by atoms with van der Waals surface area (Å²) in [6.07, 6.45) is 2.85. The van der Waals surface area contributed by atoms with Crippen LogP contribution in [0, 0.1) is 10.1 Å². The monoisotopic (exact) mass is 338 g/mol. The topological polar surface area (TPSA) is 72.7 Å². The lowest BCUT2D eigenvalue weighted by Gasteiger charge is -2.28. The van der Waals surface area contributed by atoms with Crippen LogP contribution in [0.3, 0.4) is 0 Å². The fraction of sp³-hybridized carbons (Fsp3) is 0.211. The number of allylic oxidation sites excluding steroid dienone is 1. The maximum Gasteiger partial charge on any atom is 0.276 e. The minimum Gasteiger partial charge on any atom is -0.378 e. The number of nitro groups is 1. The summed E-state index contributed by atoms with van der Waals surface area (Å²) in [6, 6.07) is 13.7. The molecule has 1 fully saturated rings. The van der Waals surface area contributed by atoms with Gasteiger partial charge in [-0.1, -0.05) is 12.1 Å². The van der Waals surface area contributed by atoms with Crippen LogP contribution in [0.4, 0.5) is 11.4 Å². The van der Waals surface area contributed by atoms with Crippen molar-refractivity contribution in [2.75, 3.05) is 31.2 Å². The first kappa shape index (κ1) is 16.9. The number of para-hydroxylation sites is 1. The molecule has 2 aromatic carbocycles. The molecule has 2 aromatic rings. The summed E-state index contributed by atoms with van der Waals surface area (Å²) in [5.74, 6) is -0.188. The van der Waals surface area contributed by atoms with Gasteiger partial charge in [0, 0.05) is 30.4 Å². The van der Waals surface area contributed by atoms with Gasteiger partial charge in [-0.3, -0.25) is 14.9 Å². The standard InChI is InChI=1S/C19H18N2O4/c22-19(10-7-15-3-1-2-4-18(15)21(23)24)16-5-8-17(9-6-16)20-11-13-25-14-12-20/h1-10H,11-14H2. The lowest BCUT2D eigenvalue weighted by Crippen LogP contribution is -2.36. The Kier molecular flexibility index (Phi) is 5.20. The molecular formula is C19H18N2O4. The predicted molar refractivity (Wildman–Crippen MR) is 95.9 cm³/mol. The van der Waals surface area contributed by atoms with Crippen LogP contribution in [0.25, 0.3) is 6.08 Å². The summed E-state index contributed by atoms with van der Waals surface area (Å²) in [5, 5.41) is 11.0. The average molecular weight is 338 g/mol. The lowest BCUT2D eigenvalue weighted by molar-refractivity contribution is -0.385. The second-order valence-corrected chi connectivity index (χ2v) is 5.66. The summed E-state index contributed by atoms with van der Waals surface area (Å²) in [6.45, 7) is 3.09. The zero-order valence-corrected chi connectivity index (χ0v) is 13.6. The van der Waals surface area contributed by atoms with Crippen molar-refractivity contribution in [2.24, 2.45) is 0 Å². The molecule has 3 rings (SSSR count). The van der Waals surface area contributed by atoms with E-state index in [2.05, 4.69) is 4.90 Å². The number of rotatable bonds is 5. The number of ketones is 1. The summed E-state index contributed by atoms with van der Waals surface area (Å²) in [7, 11) is 0. The highest BCUT2D eigenvalue weighted by atomic mass is 16.6. The van der Waals surface area contributed by atoms with Crippen molar-refractivity contribution < 1.29 is 14.5 Å². The second kappa shape index (κ2) is 7.72. The van der Waals surface area contributed by atoms with Gasteiger partial charge in [-0.05, 0) is 42.5 Å². The zero-order chi connectivity index (χ0) is 17.6. The van der Waals surface area contributed by atoms with Gasteiger partial charge < -0.3 is 9.64 Å². The van der Waals surface area contributed by atoms with Crippen LogP contribution >= 0.6 is 0 Å².